The molecule has 0 saturated carbocycles. The third-order valence-electron chi connectivity index (χ3n) is 3.64. The van der Waals surface area contributed by atoms with Crippen LogP contribution in [0.2, 0.25) is 0 Å². The number of rotatable bonds is 6. The Kier molecular flexibility index (Phi) is 5.17. The molecule has 0 aromatic carbocycles. The minimum atomic E-state index is -0.147. The highest BCUT2D eigenvalue weighted by molar-refractivity contribution is 7.18. The van der Waals surface area contributed by atoms with E-state index in [-0.39, 0.29) is 11.4 Å². The van der Waals surface area contributed by atoms with E-state index in [0.29, 0.717) is 10.7 Å². The normalized spacial score (nSPS) is 11.4. The van der Waals surface area contributed by atoms with E-state index in [4.69, 9.17) is 5.73 Å². The van der Waals surface area contributed by atoms with Crippen LogP contribution < -0.4 is 16.0 Å². The molecule has 0 fully saturated rings. The first-order valence-corrected chi connectivity index (χ1v) is 7.46. The molecule has 6 heteroatoms. The second kappa shape index (κ2) is 6.23. The van der Waals surface area contributed by atoms with Crippen LogP contribution in [0.3, 0.4) is 0 Å². The number of nitrogens with one attached hydrogen (secondary N) is 1. The molecule has 0 atom stereocenters. The van der Waals surface area contributed by atoms with E-state index in [0.717, 1.165) is 24.4 Å². The Labute approximate surface area is 119 Å². The SMILES string of the molecule is CCC(CC)(CC)NC(=O)c1sc(N(C)C)nc1N. The maximum atomic E-state index is 12.4. The lowest BCUT2D eigenvalue weighted by molar-refractivity contribution is 0.0893. The molecule has 5 nitrogen and oxygen atoms in total. The Morgan fingerprint density at radius 1 is 1.32 bits per heavy atom. The minimum Gasteiger partial charge on any atom is -0.382 e. The Balaban J connectivity index is 2.95. The summed E-state index contributed by atoms with van der Waals surface area (Å²) in [6.07, 6.45) is 2.72. The number of nitrogen functional groups attached to an aromatic ring is 1. The predicted octanol–water partition coefficient (Wildman–Crippen LogP) is 2.49. The number of nitrogens with zero attached hydrogens (tertiary/aromatic N) is 2. The predicted molar refractivity (Wildman–Crippen MR) is 81.9 cm³/mol. The van der Waals surface area contributed by atoms with E-state index in [1.165, 1.54) is 11.3 Å². The topological polar surface area (TPSA) is 71.2 Å². The number of nitrogens with two attached hydrogens (primary N) is 1. The number of anilines is 2. The van der Waals surface area contributed by atoms with Crippen molar-refractivity contribution in [3.05, 3.63) is 4.88 Å². The third kappa shape index (κ3) is 3.37. The number of thiazole rings is 1. The van der Waals surface area contributed by atoms with Crippen molar-refractivity contribution >= 4 is 28.2 Å². The molecule has 1 aromatic heterocycles. The zero-order valence-corrected chi connectivity index (χ0v) is 13.2. The second-order valence-electron chi connectivity index (χ2n) is 4.90. The zero-order valence-electron chi connectivity index (χ0n) is 12.4. The molecule has 0 bridgehead atoms. The Morgan fingerprint density at radius 3 is 2.21 bits per heavy atom. The van der Waals surface area contributed by atoms with Gasteiger partial charge in [-0.1, -0.05) is 32.1 Å². The van der Waals surface area contributed by atoms with Crippen LogP contribution in [-0.4, -0.2) is 30.5 Å². The van der Waals surface area contributed by atoms with Gasteiger partial charge in [0.1, 0.15) is 10.7 Å². The van der Waals surface area contributed by atoms with Crippen molar-refractivity contribution in [2.75, 3.05) is 24.7 Å². The molecule has 0 radical (unpaired) electrons. The van der Waals surface area contributed by atoms with Gasteiger partial charge in [-0.15, -0.1) is 0 Å². The number of carbonyl (C=O) groups is 1. The highest BCUT2D eigenvalue weighted by Gasteiger charge is 2.28. The zero-order chi connectivity index (χ0) is 14.6. The number of hydrogen-bond acceptors (Lipinski definition) is 5. The first-order chi connectivity index (χ1) is 8.89. The van der Waals surface area contributed by atoms with Gasteiger partial charge in [0, 0.05) is 19.6 Å². The summed E-state index contributed by atoms with van der Waals surface area (Å²) < 4.78 is 0. The molecule has 3 N–H and O–H groups in total. The maximum Gasteiger partial charge on any atom is 0.265 e. The van der Waals surface area contributed by atoms with Crippen molar-refractivity contribution in [3.63, 3.8) is 0 Å². The molecule has 0 aliphatic heterocycles. The highest BCUT2D eigenvalue weighted by atomic mass is 32.1. The summed E-state index contributed by atoms with van der Waals surface area (Å²) in [4.78, 5) is 18.9. The molecule has 19 heavy (non-hydrogen) atoms. The smallest absolute Gasteiger partial charge is 0.265 e. The van der Waals surface area contributed by atoms with Gasteiger partial charge in [0.05, 0.1) is 0 Å². The fraction of sp³-hybridized carbons (Fsp3) is 0.692. The molecule has 1 rings (SSSR count). The number of aromatic nitrogens is 1. The van der Waals surface area contributed by atoms with E-state index in [1.54, 1.807) is 0 Å². The van der Waals surface area contributed by atoms with Crippen LogP contribution >= 0.6 is 11.3 Å². The number of amides is 1. The minimum absolute atomic E-state index is 0.117. The Hall–Kier alpha value is -1.30. The van der Waals surface area contributed by atoms with Gasteiger partial charge >= 0.3 is 0 Å². The molecule has 0 spiro atoms. The molecule has 0 aliphatic rings. The van der Waals surface area contributed by atoms with E-state index in [1.807, 2.05) is 19.0 Å². The van der Waals surface area contributed by atoms with Gasteiger partial charge in [-0.25, -0.2) is 4.98 Å². The largest absolute Gasteiger partial charge is 0.382 e. The monoisotopic (exact) mass is 284 g/mol. The second-order valence-corrected chi connectivity index (χ2v) is 5.88. The van der Waals surface area contributed by atoms with Gasteiger partial charge in [-0.2, -0.15) is 0 Å². The van der Waals surface area contributed by atoms with Crippen molar-refractivity contribution in [1.82, 2.24) is 10.3 Å². The van der Waals surface area contributed by atoms with Gasteiger partial charge in [0.15, 0.2) is 5.13 Å². The highest BCUT2D eigenvalue weighted by Crippen LogP contribution is 2.28. The average Bonchev–Trinajstić information content (AvgIpc) is 2.78. The lowest BCUT2D eigenvalue weighted by Gasteiger charge is -2.31. The van der Waals surface area contributed by atoms with Gasteiger partial charge < -0.3 is 16.0 Å². The summed E-state index contributed by atoms with van der Waals surface area (Å²) in [5, 5.41) is 3.87. The van der Waals surface area contributed by atoms with Gasteiger partial charge in [0.25, 0.3) is 5.91 Å². The summed E-state index contributed by atoms with van der Waals surface area (Å²) in [5.74, 6) is 0.192. The Morgan fingerprint density at radius 2 is 1.84 bits per heavy atom. The molecule has 1 aromatic rings. The number of hydrogen-bond donors (Lipinski definition) is 2. The van der Waals surface area contributed by atoms with Crippen molar-refractivity contribution in [1.29, 1.82) is 0 Å². The van der Waals surface area contributed by atoms with Crippen molar-refractivity contribution < 1.29 is 4.79 Å². The summed E-state index contributed by atoms with van der Waals surface area (Å²) in [7, 11) is 3.77. The first-order valence-electron chi connectivity index (χ1n) is 6.65. The van der Waals surface area contributed by atoms with Crippen LogP contribution in [0.25, 0.3) is 0 Å². The van der Waals surface area contributed by atoms with E-state index >= 15 is 0 Å². The summed E-state index contributed by atoms with van der Waals surface area (Å²) in [6.45, 7) is 6.28. The van der Waals surface area contributed by atoms with Crippen LogP contribution in [0, 0.1) is 0 Å². The molecule has 0 aliphatic carbocycles. The molecular formula is C13H24N4OS. The van der Waals surface area contributed by atoms with Crippen LogP contribution in [0.1, 0.15) is 49.7 Å². The van der Waals surface area contributed by atoms with Gasteiger partial charge in [0.2, 0.25) is 0 Å². The standard InChI is InChI=1S/C13H24N4OS/c1-6-13(7-2,8-3)16-11(18)9-10(14)15-12(19-9)17(4)5/h6-8,14H2,1-5H3,(H,16,18). The van der Waals surface area contributed by atoms with Gasteiger partial charge in [-0.3, -0.25) is 4.79 Å². The summed E-state index contributed by atoms with van der Waals surface area (Å²) in [5.41, 5.74) is 5.69. The summed E-state index contributed by atoms with van der Waals surface area (Å²) >= 11 is 1.33. The van der Waals surface area contributed by atoms with Gasteiger partial charge in [-0.05, 0) is 19.3 Å². The maximum absolute atomic E-state index is 12.4. The fourth-order valence-corrected chi connectivity index (χ4v) is 2.79. The number of carbonyl (C=O) groups excluding carboxylic acids is 1. The first kappa shape index (κ1) is 15.8. The average molecular weight is 284 g/mol. The van der Waals surface area contributed by atoms with Crippen LogP contribution in [-0.2, 0) is 0 Å². The molecule has 0 unspecified atom stereocenters. The molecule has 108 valence electrons. The third-order valence-corrected chi connectivity index (χ3v) is 4.88. The molecular weight excluding hydrogens is 260 g/mol. The molecule has 0 saturated heterocycles. The Bertz CT molecular complexity index is 430. The van der Waals surface area contributed by atoms with E-state index in [2.05, 4.69) is 31.1 Å². The van der Waals surface area contributed by atoms with Crippen molar-refractivity contribution in [3.8, 4) is 0 Å². The van der Waals surface area contributed by atoms with E-state index < -0.39 is 0 Å². The lowest BCUT2D eigenvalue weighted by atomic mass is 9.90. The summed E-state index contributed by atoms with van der Waals surface area (Å²) in [6, 6.07) is 0. The quantitative estimate of drug-likeness (QED) is 0.842. The molecule has 1 heterocycles. The lowest BCUT2D eigenvalue weighted by Crippen LogP contribution is -2.47. The van der Waals surface area contributed by atoms with E-state index in [9.17, 15) is 4.79 Å². The molecule has 1 amide bonds. The van der Waals surface area contributed by atoms with Crippen LogP contribution in [0.15, 0.2) is 0 Å². The van der Waals surface area contributed by atoms with Crippen LogP contribution in [0.5, 0.6) is 0 Å². The van der Waals surface area contributed by atoms with Crippen molar-refractivity contribution in [2.45, 2.75) is 45.6 Å². The van der Waals surface area contributed by atoms with Crippen molar-refractivity contribution in [2.24, 2.45) is 0 Å². The fourth-order valence-electron chi connectivity index (χ4n) is 1.99. The van der Waals surface area contributed by atoms with Crippen LogP contribution in [0.4, 0.5) is 10.9 Å².